The van der Waals surface area contributed by atoms with Gasteiger partial charge in [-0.05, 0) is 37.0 Å². The summed E-state index contributed by atoms with van der Waals surface area (Å²) in [6.45, 7) is 2.27. The van der Waals surface area contributed by atoms with E-state index >= 15 is 0 Å². The highest BCUT2D eigenvalue weighted by molar-refractivity contribution is 5.92. The SMILES string of the molecule is Cn1nccc1C(=O)N1CCC(CCOc2ccncc2)C1. The second-order valence-electron chi connectivity index (χ2n) is 5.57. The maximum atomic E-state index is 12.4. The molecule has 1 fully saturated rings. The number of carbonyl (C=O) groups excluding carboxylic acids is 1. The van der Waals surface area contributed by atoms with Crippen LogP contribution < -0.4 is 4.74 Å². The Labute approximate surface area is 129 Å². The Hall–Kier alpha value is -2.37. The van der Waals surface area contributed by atoms with Crippen LogP contribution in [0, 0.1) is 5.92 Å². The molecule has 1 amide bonds. The zero-order chi connectivity index (χ0) is 15.4. The fourth-order valence-electron chi connectivity index (χ4n) is 2.78. The zero-order valence-corrected chi connectivity index (χ0v) is 12.7. The van der Waals surface area contributed by atoms with E-state index < -0.39 is 0 Å². The van der Waals surface area contributed by atoms with Gasteiger partial charge in [0.1, 0.15) is 11.4 Å². The predicted molar refractivity (Wildman–Crippen MR) is 81.6 cm³/mol. The lowest BCUT2D eigenvalue weighted by molar-refractivity contribution is 0.0774. The number of pyridine rings is 1. The van der Waals surface area contributed by atoms with Crippen molar-refractivity contribution < 1.29 is 9.53 Å². The number of carbonyl (C=O) groups is 1. The van der Waals surface area contributed by atoms with Crippen LogP contribution >= 0.6 is 0 Å². The monoisotopic (exact) mass is 300 g/mol. The summed E-state index contributed by atoms with van der Waals surface area (Å²) < 4.78 is 7.32. The highest BCUT2D eigenvalue weighted by Gasteiger charge is 2.28. The molecule has 1 aliphatic rings. The molecule has 1 saturated heterocycles. The summed E-state index contributed by atoms with van der Waals surface area (Å²) in [6, 6.07) is 5.47. The third-order valence-corrected chi connectivity index (χ3v) is 4.06. The second kappa shape index (κ2) is 6.60. The summed E-state index contributed by atoms with van der Waals surface area (Å²) in [5.41, 5.74) is 0.647. The van der Waals surface area contributed by atoms with Crippen LogP contribution in [0.15, 0.2) is 36.8 Å². The topological polar surface area (TPSA) is 60.2 Å². The summed E-state index contributed by atoms with van der Waals surface area (Å²) in [4.78, 5) is 18.3. The first-order valence-electron chi connectivity index (χ1n) is 7.54. The Morgan fingerprint density at radius 2 is 2.14 bits per heavy atom. The average molecular weight is 300 g/mol. The van der Waals surface area contributed by atoms with Crippen molar-refractivity contribution in [3.63, 3.8) is 0 Å². The molecule has 0 radical (unpaired) electrons. The van der Waals surface area contributed by atoms with Gasteiger partial charge in [0.25, 0.3) is 5.91 Å². The molecule has 3 rings (SSSR count). The van der Waals surface area contributed by atoms with Gasteiger partial charge in [-0.1, -0.05) is 0 Å². The number of rotatable bonds is 5. The van der Waals surface area contributed by atoms with Crippen molar-refractivity contribution in [2.45, 2.75) is 12.8 Å². The van der Waals surface area contributed by atoms with Gasteiger partial charge >= 0.3 is 0 Å². The summed E-state index contributed by atoms with van der Waals surface area (Å²) >= 11 is 0. The second-order valence-corrected chi connectivity index (χ2v) is 5.57. The summed E-state index contributed by atoms with van der Waals surface area (Å²) in [6.07, 6.45) is 7.09. The van der Waals surface area contributed by atoms with Gasteiger partial charge in [0.15, 0.2) is 0 Å². The van der Waals surface area contributed by atoms with Gasteiger partial charge in [-0.15, -0.1) is 0 Å². The van der Waals surface area contributed by atoms with Crippen LogP contribution in [0.25, 0.3) is 0 Å². The molecule has 6 heteroatoms. The molecule has 116 valence electrons. The van der Waals surface area contributed by atoms with Crippen molar-refractivity contribution in [2.75, 3.05) is 19.7 Å². The van der Waals surface area contributed by atoms with E-state index in [0.717, 1.165) is 31.7 Å². The molecule has 2 aromatic rings. The third-order valence-electron chi connectivity index (χ3n) is 4.06. The fourth-order valence-corrected chi connectivity index (χ4v) is 2.78. The lowest BCUT2D eigenvalue weighted by Crippen LogP contribution is -2.30. The average Bonchev–Trinajstić information content (AvgIpc) is 3.17. The first kappa shape index (κ1) is 14.6. The molecule has 2 aromatic heterocycles. The van der Waals surface area contributed by atoms with E-state index in [9.17, 15) is 4.79 Å². The van der Waals surface area contributed by atoms with Crippen LogP contribution in [0.3, 0.4) is 0 Å². The van der Waals surface area contributed by atoms with Gasteiger partial charge < -0.3 is 9.64 Å². The number of amides is 1. The van der Waals surface area contributed by atoms with E-state index in [4.69, 9.17) is 4.74 Å². The molecule has 0 N–H and O–H groups in total. The third kappa shape index (κ3) is 3.27. The molecule has 1 atom stereocenters. The minimum atomic E-state index is 0.0672. The molecular formula is C16H20N4O2. The van der Waals surface area contributed by atoms with E-state index in [-0.39, 0.29) is 5.91 Å². The lowest BCUT2D eigenvalue weighted by atomic mass is 10.1. The number of hydrogen-bond acceptors (Lipinski definition) is 4. The van der Waals surface area contributed by atoms with Gasteiger partial charge in [0.05, 0.1) is 6.61 Å². The standard InChI is InChI=1S/C16H20N4O2/c1-19-15(4-9-18-19)16(21)20-10-5-13(12-20)6-11-22-14-2-7-17-8-3-14/h2-4,7-9,13H,5-6,10-12H2,1H3. The minimum absolute atomic E-state index is 0.0672. The highest BCUT2D eigenvalue weighted by Crippen LogP contribution is 2.21. The van der Waals surface area contributed by atoms with E-state index in [1.807, 2.05) is 17.0 Å². The van der Waals surface area contributed by atoms with Crippen molar-refractivity contribution in [3.8, 4) is 5.75 Å². The molecule has 0 aromatic carbocycles. The Balaban J connectivity index is 1.46. The number of aromatic nitrogens is 3. The molecule has 0 saturated carbocycles. The number of likely N-dealkylation sites (tertiary alicyclic amines) is 1. The fraction of sp³-hybridized carbons (Fsp3) is 0.438. The summed E-state index contributed by atoms with van der Waals surface area (Å²) in [7, 11) is 1.79. The summed E-state index contributed by atoms with van der Waals surface area (Å²) in [5, 5.41) is 4.06. The van der Waals surface area contributed by atoms with Crippen molar-refractivity contribution in [3.05, 3.63) is 42.5 Å². The van der Waals surface area contributed by atoms with Crippen LogP contribution in [0.5, 0.6) is 5.75 Å². The van der Waals surface area contributed by atoms with Gasteiger partial charge in [-0.25, -0.2) is 0 Å². The van der Waals surface area contributed by atoms with Crippen molar-refractivity contribution in [1.29, 1.82) is 0 Å². The van der Waals surface area contributed by atoms with Crippen LogP contribution in [0.2, 0.25) is 0 Å². The molecule has 0 bridgehead atoms. The zero-order valence-electron chi connectivity index (χ0n) is 12.7. The Kier molecular flexibility index (Phi) is 4.37. The van der Waals surface area contributed by atoms with Crippen LogP contribution in [0.4, 0.5) is 0 Å². The molecule has 22 heavy (non-hydrogen) atoms. The Morgan fingerprint density at radius 3 is 2.86 bits per heavy atom. The van der Waals surface area contributed by atoms with E-state index in [1.54, 1.807) is 36.4 Å². The molecule has 6 nitrogen and oxygen atoms in total. The largest absolute Gasteiger partial charge is 0.493 e. The van der Waals surface area contributed by atoms with Crippen molar-refractivity contribution in [2.24, 2.45) is 13.0 Å². The van der Waals surface area contributed by atoms with E-state index in [2.05, 4.69) is 10.1 Å². The number of hydrogen-bond donors (Lipinski definition) is 0. The number of nitrogens with zero attached hydrogens (tertiary/aromatic N) is 4. The lowest BCUT2D eigenvalue weighted by Gasteiger charge is -2.16. The number of ether oxygens (including phenoxy) is 1. The smallest absolute Gasteiger partial charge is 0.272 e. The summed E-state index contributed by atoms with van der Waals surface area (Å²) in [5.74, 6) is 1.41. The van der Waals surface area contributed by atoms with E-state index in [0.29, 0.717) is 18.2 Å². The molecule has 3 heterocycles. The quantitative estimate of drug-likeness (QED) is 0.844. The van der Waals surface area contributed by atoms with Crippen molar-refractivity contribution in [1.82, 2.24) is 19.7 Å². The van der Waals surface area contributed by atoms with Gasteiger partial charge in [-0.2, -0.15) is 5.10 Å². The van der Waals surface area contributed by atoms with Crippen LogP contribution in [-0.4, -0.2) is 45.3 Å². The Bertz CT molecular complexity index is 626. The van der Waals surface area contributed by atoms with Crippen LogP contribution in [0.1, 0.15) is 23.3 Å². The molecule has 1 unspecified atom stereocenters. The molecule has 0 spiro atoms. The van der Waals surface area contributed by atoms with Gasteiger partial charge in [-0.3, -0.25) is 14.5 Å². The van der Waals surface area contributed by atoms with E-state index in [1.165, 1.54) is 0 Å². The minimum Gasteiger partial charge on any atom is -0.493 e. The Morgan fingerprint density at radius 1 is 1.32 bits per heavy atom. The van der Waals surface area contributed by atoms with Gasteiger partial charge in [0.2, 0.25) is 0 Å². The maximum Gasteiger partial charge on any atom is 0.272 e. The predicted octanol–water partition coefficient (Wildman–Crippen LogP) is 1.75. The molecule has 0 aliphatic carbocycles. The first-order valence-corrected chi connectivity index (χ1v) is 7.54. The van der Waals surface area contributed by atoms with Crippen LogP contribution in [-0.2, 0) is 7.05 Å². The normalized spacial score (nSPS) is 17.7. The maximum absolute atomic E-state index is 12.4. The molecule has 1 aliphatic heterocycles. The highest BCUT2D eigenvalue weighted by atomic mass is 16.5. The van der Waals surface area contributed by atoms with Gasteiger partial charge in [0, 0.05) is 38.7 Å². The first-order chi connectivity index (χ1) is 10.7. The number of aryl methyl sites for hydroxylation is 1. The van der Waals surface area contributed by atoms with Crippen molar-refractivity contribution >= 4 is 5.91 Å². The molecular weight excluding hydrogens is 280 g/mol.